The summed E-state index contributed by atoms with van der Waals surface area (Å²) in [4.78, 5) is 38.2. The van der Waals surface area contributed by atoms with Crippen molar-refractivity contribution in [2.45, 2.75) is 12.8 Å². The first-order chi connectivity index (χ1) is 14.7. The fourth-order valence-electron chi connectivity index (χ4n) is 1.20. The van der Waals surface area contributed by atoms with Gasteiger partial charge in [-0.1, -0.05) is 0 Å². The highest BCUT2D eigenvalue weighted by Crippen LogP contribution is 1.84. The number of carboxylic acids is 4. The first kappa shape index (κ1) is 32.8. The Hall–Kier alpha value is -2.84. The molecule has 0 heterocycles. The van der Waals surface area contributed by atoms with E-state index in [-0.39, 0.29) is 0 Å². The van der Waals surface area contributed by atoms with Gasteiger partial charge in [0, 0.05) is 37.5 Å². The molecule has 0 saturated carbocycles. The number of hydrogen-bond donors (Lipinski definition) is 6. The Kier molecular flexibility index (Phi) is 28.8. The predicted octanol–water partition coefficient (Wildman–Crippen LogP) is -0.843. The van der Waals surface area contributed by atoms with Gasteiger partial charge in [-0.3, -0.25) is 0 Å². The number of ether oxygens (including phenoxy) is 3. The van der Waals surface area contributed by atoms with Crippen LogP contribution in [0.5, 0.6) is 0 Å². The number of rotatable bonds is 16. The third-order valence-electron chi connectivity index (χ3n) is 2.47. The van der Waals surface area contributed by atoms with E-state index in [4.69, 9.17) is 46.1 Å². The number of aliphatic carboxylic acids is 4. The van der Waals surface area contributed by atoms with Crippen LogP contribution in [0.3, 0.4) is 0 Å². The molecular formula is C18H32N2O11. The molecule has 0 aromatic carbocycles. The third-order valence-corrected chi connectivity index (χ3v) is 2.47. The van der Waals surface area contributed by atoms with Crippen LogP contribution in [0.1, 0.15) is 12.8 Å². The van der Waals surface area contributed by atoms with E-state index >= 15 is 0 Å². The summed E-state index contributed by atoms with van der Waals surface area (Å²) >= 11 is 0. The van der Waals surface area contributed by atoms with Crippen LogP contribution in [0, 0.1) is 0 Å². The molecule has 0 spiro atoms. The van der Waals surface area contributed by atoms with Crippen LogP contribution >= 0.6 is 0 Å². The summed E-state index contributed by atoms with van der Waals surface area (Å²) < 4.78 is 15.8. The average molecular weight is 452 g/mol. The molecular weight excluding hydrogens is 420 g/mol. The first-order valence-electron chi connectivity index (χ1n) is 9.08. The van der Waals surface area contributed by atoms with E-state index in [1.54, 1.807) is 0 Å². The van der Waals surface area contributed by atoms with E-state index in [9.17, 15) is 19.2 Å². The van der Waals surface area contributed by atoms with Crippen molar-refractivity contribution in [1.82, 2.24) is 0 Å². The number of carbonyl (C=O) groups is 4. The molecule has 13 nitrogen and oxygen atoms in total. The molecule has 0 radical (unpaired) electrons. The van der Waals surface area contributed by atoms with Crippen molar-refractivity contribution in [3.63, 3.8) is 0 Å². The van der Waals surface area contributed by atoms with Gasteiger partial charge in [-0.05, 0) is 25.9 Å². The van der Waals surface area contributed by atoms with Crippen LogP contribution < -0.4 is 11.5 Å². The zero-order valence-electron chi connectivity index (χ0n) is 17.2. The van der Waals surface area contributed by atoms with Crippen molar-refractivity contribution < 1.29 is 53.8 Å². The molecule has 0 saturated heterocycles. The standard InChI is InChI=1S/C10H24N2O3.2C4H4O4/c11-3-1-5-13-7-9-15-10-8-14-6-2-4-12;2*5-3(6)1-2-4(7)8/h1-12H2;2*1-2H,(H,5,6)(H,7,8)/b;2*2-1-. The lowest BCUT2D eigenvalue weighted by Gasteiger charge is -2.06. The molecule has 0 fully saturated rings. The number of hydrogen-bond acceptors (Lipinski definition) is 9. The lowest BCUT2D eigenvalue weighted by atomic mass is 10.5. The van der Waals surface area contributed by atoms with Gasteiger partial charge in [0.2, 0.25) is 0 Å². The second-order valence-electron chi connectivity index (χ2n) is 5.14. The highest BCUT2D eigenvalue weighted by molar-refractivity contribution is 5.90. The molecule has 0 aliphatic heterocycles. The lowest BCUT2D eigenvalue weighted by Crippen LogP contribution is -2.12. The maximum absolute atomic E-state index is 9.55. The summed E-state index contributed by atoms with van der Waals surface area (Å²) in [5.74, 6) is -5.03. The van der Waals surface area contributed by atoms with Gasteiger partial charge in [0.15, 0.2) is 0 Å². The average Bonchev–Trinajstić information content (AvgIpc) is 2.70. The minimum Gasteiger partial charge on any atom is -0.478 e. The van der Waals surface area contributed by atoms with Crippen molar-refractivity contribution in [2.24, 2.45) is 11.5 Å². The van der Waals surface area contributed by atoms with E-state index in [1.165, 1.54) is 0 Å². The highest BCUT2D eigenvalue weighted by atomic mass is 16.5. The van der Waals surface area contributed by atoms with E-state index in [0.29, 0.717) is 77.0 Å². The van der Waals surface area contributed by atoms with Crippen LogP contribution in [0.15, 0.2) is 24.3 Å². The molecule has 0 aromatic heterocycles. The van der Waals surface area contributed by atoms with Crippen LogP contribution in [-0.4, -0.2) is 97.0 Å². The Bertz CT molecular complexity index is 459. The molecule has 0 atom stereocenters. The van der Waals surface area contributed by atoms with E-state index < -0.39 is 23.9 Å². The summed E-state index contributed by atoms with van der Waals surface area (Å²) in [6, 6.07) is 0. The SMILES string of the molecule is NCCCOCCOCCOCCCN.O=C(O)/C=C\C(=O)O.O=C(O)/C=C\C(=O)O. The molecule has 0 bridgehead atoms. The topological polar surface area (TPSA) is 229 Å². The maximum Gasteiger partial charge on any atom is 0.328 e. The highest BCUT2D eigenvalue weighted by Gasteiger charge is 1.91. The molecule has 0 aromatic rings. The fraction of sp³-hybridized carbons (Fsp3) is 0.556. The van der Waals surface area contributed by atoms with E-state index in [2.05, 4.69) is 0 Å². The Balaban J connectivity index is -0.000000415. The van der Waals surface area contributed by atoms with Gasteiger partial charge in [0.25, 0.3) is 0 Å². The lowest BCUT2D eigenvalue weighted by molar-refractivity contribution is -0.134. The zero-order valence-corrected chi connectivity index (χ0v) is 17.2. The van der Waals surface area contributed by atoms with Crippen molar-refractivity contribution in [3.05, 3.63) is 24.3 Å². The van der Waals surface area contributed by atoms with Gasteiger partial charge in [0.1, 0.15) is 0 Å². The van der Waals surface area contributed by atoms with Crippen LogP contribution in [0.4, 0.5) is 0 Å². The van der Waals surface area contributed by atoms with Crippen molar-refractivity contribution >= 4 is 23.9 Å². The monoisotopic (exact) mass is 452 g/mol. The van der Waals surface area contributed by atoms with Gasteiger partial charge >= 0.3 is 23.9 Å². The Morgan fingerprint density at radius 1 is 0.516 bits per heavy atom. The van der Waals surface area contributed by atoms with Crippen LogP contribution in [0.2, 0.25) is 0 Å². The number of nitrogens with two attached hydrogens (primary N) is 2. The van der Waals surface area contributed by atoms with Gasteiger partial charge in [-0.15, -0.1) is 0 Å². The molecule has 0 aliphatic carbocycles. The fourth-order valence-corrected chi connectivity index (χ4v) is 1.20. The van der Waals surface area contributed by atoms with Crippen molar-refractivity contribution in [2.75, 3.05) is 52.7 Å². The molecule has 180 valence electrons. The summed E-state index contributed by atoms with van der Waals surface area (Å²) in [6.07, 6.45) is 4.04. The van der Waals surface area contributed by atoms with Crippen molar-refractivity contribution in [1.29, 1.82) is 0 Å². The molecule has 0 rings (SSSR count). The second kappa shape index (κ2) is 27.2. The Morgan fingerprint density at radius 2 is 0.742 bits per heavy atom. The molecule has 13 heteroatoms. The summed E-state index contributed by atoms with van der Waals surface area (Å²) in [5.41, 5.74) is 10.6. The van der Waals surface area contributed by atoms with Gasteiger partial charge in [-0.25, -0.2) is 19.2 Å². The van der Waals surface area contributed by atoms with Crippen LogP contribution in [-0.2, 0) is 33.4 Å². The smallest absolute Gasteiger partial charge is 0.328 e. The van der Waals surface area contributed by atoms with E-state index in [0.717, 1.165) is 12.8 Å². The molecule has 0 amide bonds. The third kappa shape index (κ3) is 46.8. The minimum atomic E-state index is -1.26. The summed E-state index contributed by atoms with van der Waals surface area (Å²) in [7, 11) is 0. The Morgan fingerprint density at radius 3 is 0.935 bits per heavy atom. The summed E-state index contributed by atoms with van der Waals surface area (Å²) in [5, 5.41) is 31.2. The van der Waals surface area contributed by atoms with E-state index in [1.807, 2.05) is 0 Å². The summed E-state index contributed by atoms with van der Waals surface area (Å²) in [6.45, 7) is 5.27. The van der Waals surface area contributed by atoms with Crippen molar-refractivity contribution in [3.8, 4) is 0 Å². The Labute approximate surface area is 179 Å². The largest absolute Gasteiger partial charge is 0.478 e. The molecule has 8 N–H and O–H groups in total. The predicted molar refractivity (Wildman–Crippen MR) is 109 cm³/mol. The minimum absolute atomic E-state index is 0.558. The molecule has 0 unspecified atom stereocenters. The maximum atomic E-state index is 9.55. The zero-order chi connectivity index (χ0) is 24.3. The second-order valence-corrected chi connectivity index (χ2v) is 5.14. The van der Waals surface area contributed by atoms with Gasteiger partial charge < -0.3 is 46.1 Å². The first-order valence-corrected chi connectivity index (χ1v) is 9.08. The number of carboxylic acid groups (broad SMARTS) is 4. The molecule has 31 heavy (non-hydrogen) atoms. The quantitative estimate of drug-likeness (QED) is 0.124. The van der Waals surface area contributed by atoms with Gasteiger partial charge in [0.05, 0.1) is 26.4 Å². The normalized spacial score (nSPS) is 10.1. The van der Waals surface area contributed by atoms with Gasteiger partial charge in [-0.2, -0.15) is 0 Å². The molecule has 0 aliphatic rings. The van der Waals surface area contributed by atoms with Crippen LogP contribution in [0.25, 0.3) is 0 Å².